The molecule has 0 saturated carbocycles. The van der Waals surface area contributed by atoms with E-state index in [1.165, 1.54) is 11.1 Å². The third-order valence-electron chi connectivity index (χ3n) is 4.53. The Hall–Kier alpha value is -2.46. The summed E-state index contributed by atoms with van der Waals surface area (Å²) in [4.78, 5) is 20.2. The Kier molecular flexibility index (Phi) is 4.13. The maximum atomic E-state index is 13.0. The molecule has 3 aromatic rings. The van der Waals surface area contributed by atoms with Crippen molar-refractivity contribution in [3.05, 3.63) is 87.9 Å². The van der Waals surface area contributed by atoms with Crippen LogP contribution in [-0.2, 0) is 17.6 Å². The van der Waals surface area contributed by atoms with Crippen molar-refractivity contribution in [2.24, 2.45) is 0 Å². The first-order chi connectivity index (χ1) is 11.8. The molecule has 4 rings (SSSR count). The summed E-state index contributed by atoms with van der Waals surface area (Å²) in [5.74, 6) is 0.189. The number of rotatable bonds is 3. The fourth-order valence-corrected chi connectivity index (χ4v) is 4.10. The Morgan fingerprint density at radius 2 is 1.96 bits per heavy atom. The second-order valence-electron chi connectivity index (χ2n) is 5.98. The van der Waals surface area contributed by atoms with Gasteiger partial charge in [0, 0.05) is 23.8 Å². The molecular formula is C20H18N2OS. The Balaban J connectivity index is 1.72. The highest BCUT2D eigenvalue weighted by Crippen LogP contribution is 2.35. The highest BCUT2D eigenvalue weighted by atomic mass is 32.1. The number of nitrogens with zero attached hydrogens (tertiary/aromatic N) is 2. The molecule has 1 amide bonds. The lowest BCUT2D eigenvalue weighted by Crippen LogP contribution is -2.41. The van der Waals surface area contributed by atoms with Crippen molar-refractivity contribution >= 4 is 17.2 Å². The minimum atomic E-state index is -0.0228. The van der Waals surface area contributed by atoms with Gasteiger partial charge in [-0.15, -0.1) is 11.3 Å². The van der Waals surface area contributed by atoms with Gasteiger partial charge in [-0.2, -0.15) is 0 Å². The van der Waals surface area contributed by atoms with Crippen LogP contribution >= 0.6 is 11.3 Å². The number of hydrogen-bond donors (Lipinski definition) is 0. The first-order valence-electron chi connectivity index (χ1n) is 8.12. The monoisotopic (exact) mass is 334 g/mol. The third kappa shape index (κ3) is 2.85. The fraction of sp³-hybridized carbons (Fsp3) is 0.200. The number of fused-ring (bicyclic) bond motifs is 1. The zero-order chi connectivity index (χ0) is 16.4. The van der Waals surface area contributed by atoms with E-state index < -0.39 is 0 Å². The second-order valence-corrected chi connectivity index (χ2v) is 7.01. The molecule has 120 valence electrons. The summed E-state index contributed by atoms with van der Waals surface area (Å²) in [7, 11) is 0. The van der Waals surface area contributed by atoms with E-state index in [-0.39, 0.29) is 11.9 Å². The van der Waals surface area contributed by atoms with Crippen LogP contribution in [0.4, 0.5) is 0 Å². The SMILES string of the molecule is O=C(Cc1cccs1)N1CCc2ccccc2C1c1ccncc1. The number of hydrogen-bond acceptors (Lipinski definition) is 3. The molecule has 0 fully saturated rings. The molecule has 1 atom stereocenters. The number of thiophene rings is 1. The molecule has 1 aliphatic rings. The normalized spacial score (nSPS) is 16.7. The highest BCUT2D eigenvalue weighted by Gasteiger charge is 2.31. The number of carbonyl (C=O) groups is 1. The average molecular weight is 334 g/mol. The Morgan fingerprint density at radius 1 is 1.12 bits per heavy atom. The van der Waals surface area contributed by atoms with Gasteiger partial charge in [0.05, 0.1) is 12.5 Å². The number of pyridine rings is 1. The number of amides is 1. The van der Waals surface area contributed by atoms with Crippen LogP contribution in [0.2, 0.25) is 0 Å². The second kappa shape index (κ2) is 6.57. The van der Waals surface area contributed by atoms with Crippen LogP contribution in [0.25, 0.3) is 0 Å². The van der Waals surface area contributed by atoms with Gasteiger partial charge in [-0.1, -0.05) is 30.3 Å². The molecule has 1 aromatic carbocycles. The molecule has 0 spiro atoms. The number of aromatic nitrogens is 1. The van der Waals surface area contributed by atoms with E-state index in [4.69, 9.17) is 0 Å². The van der Waals surface area contributed by atoms with Crippen LogP contribution in [-0.4, -0.2) is 22.3 Å². The topological polar surface area (TPSA) is 33.2 Å². The molecule has 1 aliphatic heterocycles. The van der Waals surface area contributed by atoms with Crippen molar-refractivity contribution in [1.82, 2.24) is 9.88 Å². The molecule has 0 saturated heterocycles. The standard InChI is InChI=1S/C20H18N2OS/c23-19(14-17-5-3-13-24-17)22-12-9-15-4-1-2-6-18(15)20(22)16-7-10-21-11-8-16/h1-8,10-11,13,20H,9,12,14H2. The van der Waals surface area contributed by atoms with Crippen LogP contribution in [0, 0.1) is 0 Å². The highest BCUT2D eigenvalue weighted by molar-refractivity contribution is 7.10. The Morgan fingerprint density at radius 3 is 2.75 bits per heavy atom. The first-order valence-corrected chi connectivity index (χ1v) is 9.00. The third-order valence-corrected chi connectivity index (χ3v) is 5.41. The Bertz CT molecular complexity index is 830. The first kappa shape index (κ1) is 15.1. The van der Waals surface area contributed by atoms with Crippen molar-refractivity contribution in [2.75, 3.05) is 6.54 Å². The van der Waals surface area contributed by atoms with Crippen LogP contribution in [0.15, 0.2) is 66.3 Å². The minimum Gasteiger partial charge on any atom is -0.331 e. The van der Waals surface area contributed by atoms with Gasteiger partial charge in [-0.25, -0.2) is 0 Å². The fourth-order valence-electron chi connectivity index (χ4n) is 3.40. The quantitative estimate of drug-likeness (QED) is 0.729. The lowest BCUT2D eigenvalue weighted by Gasteiger charge is -2.37. The van der Waals surface area contributed by atoms with Crippen molar-refractivity contribution < 1.29 is 4.79 Å². The van der Waals surface area contributed by atoms with Gasteiger partial charge >= 0.3 is 0 Å². The molecule has 24 heavy (non-hydrogen) atoms. The van der Waals surface area contributed by atoms with Crippen molar-refractivity contribution in [3.8, 4) is 0 Å². The number of benzene rings is 1. The lowest BCUT2D eigenvalue weighted by atomic mass is 9.88. The minimum absolute atomic E-state index is 0.0228. The molecule has 0 radical (unpaired) electrons. The summed E-state index contributed by atoms with van der Waals surface area (Å²) in [5, 5.41) is 2.02. The summed E-state index contributed by atoms with van der Waals surface area (Å²) >= 11 is 1.64. The average Bonchev–Trinajstić information content (AvgIpc) is 3.14. The van der Waals surface area contributed by atoms with Gasteiger partial charge in [-0.05, 0) is 46.7 Å². The predicted molar refractivity (Wildman–Crippen MR) is 96.0 cm³/mol. The molecular weight excluding hydrogens is 316 g/mol. The van der Waals surface area contributed by atoms with Gasteiger partial charge in [0.25, 0.3) is 0 Å². The van der Waals surface area contributed by atoms with Gasteiger partial charge < -0.3 is 4.90 Å². The molecule has 0 aliphatic carbocycles. The van der Waals surface area contributed by atoms with Crippen molar-refractivity contribution in [2.45, 2.75) is 18.9 Å². The van der Waals surface area contributed by atoms with Crippen molar-refractivity contribution in [3.63, 3.8) is 0 Å². The zero-order valence-corrected chi connectivity index (χ0v) is 14.1. The van der Waals surface area contributed by atoms with E-state index in [1.54, 1.807) is 23.7 Å². The smallest absolute Gasteiger partial charge is 0.228 e. The van der Waals surface area contributed by atoms with E-state index >= 15 is 0 Å². The number of carbonyl (C=O) groups excluding carboxylic acids is 1. The molecule has 4 heteroatoms. The summed E-state index contributed by atoms with van der Waals surface area (Å²) in [5.41, 5.74) is 3.69. The maximum Gasteiger partial charge on any atom is 0.228 e. The van der Waals surface area contributed by atoms with E-state index in [0.717, 1.165) is 23.4 Å². The van der Waals surface area contributed by atoms with Gasteiger partial charge in [0.2, 0.25) is 5.91 Å². The molecule has 2 aromatic heterocycles. The molecule has 0 bridgehead atoms. The van der Waals surface area contributed by atoms with Crippen LogP contribution in [0.1, 0.15) is 27.6 Å². The van der Waals surface area contributed by atoms with Gasteiger partial charge in [0.15, 0.2) is 0 Å². The van der Waals surface area contributed by atoms with E-state index in [1.807, 2.05) is 34.5 Å². The van der Waals surface area contributed by atoms with Crippen LogP contribution < -0.4 is 0 Å². The van der Waals surface area contributed by atoms with Gasteiger partial charge in [-0.3, -0.25) is 9.78 Å². The molecule has 1 unspecified atom stereocenters. The predicted octanol–water partition coefficient (Wildman–Crippen LogP) is 3.86. The molecule has 3 heterocycles. The van der Waals surface area contributed by atoms with E-state index in [2.05, 4.69) is 29.2 Å². The van der Waals surface area contributed by atoms with E-state index in [9.17, 15) is 4.79 Å². The Labute approximate surface area is 145 Å². The zero-order valence-electron chi connectivity index (χ0n) is 13.3. The van der Waals surface area contributed by atoms with Gasteiger partial charge in [0.1, 0.15) is 0 Å². The summed E-state index contributed by atoms with van der Waals surface area (Å²) in [6.07, 6.45) is 4.98. The molecule has 0 N–H and O–H groups in total. The van der Waals surface area contributed by atoms with E-state index in [0.29, 0.717) is 6.42 Å². The molecule has 3 nitrogen and oxygen atoms in total. The maximum absolute atomic E-state index is 13.0. The largest absolute Gasteiger partial charge is 0.331 e. The van der Waals surface area contributed by atoms with Crippen LogP contribution in [0.5, 0.6) is 0 Å². The summed E-state index contributed by atoms with van der Waals surface area (Å²) in [6.45, 7) is 0.758. The van der Waals surface area contributed by atoms with Crippen LogP contribution in [0.3, 0.4) is 0 Å². The summed E-state index contributed by atoms with van der Waals surface area (Å²) in [6, 6.07) is 16.5. The van der Waals surface area contributed by atoms with Crippen molar-refractivity contribution in [1.29, 1.82) is 0 Å². The lowest BCUT2D eigenvalue weighted by molar-refractivity contribution is -0.132. The summed E-state index contributed by atoms with van der Waals surface area (Å²) < 4.78 is 0.